The van der Waals surface area contributed by atoms with Crippen LogP contribution in [0.2, 0.25) is 0 Å². The molecule has 1 aromatic heterocycles. The van der Waals surface area contributed by atoms with Crippen LogP contribution in [0.3, 0.4) is 0 Å². The maximum absolute atomic E-state index is 2.75. The lowest BCUT2D eigenvalue weighted by Gasteiger charge is -2.12. The number of aryl methyl sites for hydroxylation is 1. The Kier molecular flexibility index (Phi) is 23.0. The molecule has 3 aromatic rings. The number of imidazole rings is 1. The van der Waals surface area contributed by atoms with E-state index in [4.69, 9.17) is 0 Å². The Morgan fingerprint density at radius 3 is 1.43 bits per heavy atom. The molecule has 0 spiro atoms. The van der Waals surface area contributed by atoms with Gasteiger partial charge in [0.05, 0.1) is 19.5 Å². The number of hydrogen-bond donors (Lipinski definition) is 0. The van der Waals surface area contributed by atoms with Crippen LogP contribution in [0.1, 0.15) is 203 Å². The van der Waals surface area contributed by atoms with Crippen LogP contribution in [-0.2, 0) is 25.9 Å². The molecule has 2 nitrogen and oxygen atoms in total. The first kappa shape index (κ1) is 41.1. The third-order valence-corrected chi connectivity index (χ3v) is 10.9. The second-order valence-electron chi connectivity index (χ2n) is 15.3. The Bertz CT molecular complexity index is 1160. The van der Waals surface area contributed by atoms with Crippen molar-refractivity contribution in [2.75, 3.05) is 0 Å². The van der Waals surface area contributed by atoms with Crippen molar-refractivity contribution >= 4 is 0 Å². The molecule has 1 unspecified atom stereocenters. The van der Waals surface area contributed by atoms with Crippen molar-refractivity contribution < 1.29 is 4.57 Å². The van der Waals surface area contributed by atoms with Gasteiger partial charge in [-0.1, -0.05) is 210 Å². The fourth-order valence-electron chi connectivity index (χ4n) is 7.70. The summed E-state index contributed by atoms with van der Waals surface area (Å²) >= 11 is 0. The maximum atomic E-state index is 2.75. The van der Waals surface area contributed by atoms with Gasteiger partial charge in [0.15, 0.2) is 0 Å². The predicted molar refractivity (Wildman–Crippen MR) is 215 cm³/mol. The first-order chi connectivity index (χ1) is 24.2. The van der Waals surface area contributed by atoms with Gasteiger partial charge < -0.3 is 0 Å². The molecule has 0 saturated carbocycles. The van der Waals surface area contributed by atoms with Crippen LogP contribution in [-0.4, -0.2) is 4.57 Å². The quantitative estimate of drug-likeness (QED) is 0.0476. The summed E-state index contributed by atoms with van der Waals surface area (Å²) in [5.41, 5.74) is 4.42. The minimum atomic E-state index is 0.516. The molecule has 0 aliphatic carbocycles. The number of nitrogens with zero attached hydrogens (tertiary/aromatic N) is 2. The highest BCUT2D eigenvalue weighted by Crippen LogP contribution is 2.23. The summed E-state index contributed by atoms with van der Waals surface area (Å²) in [6.07, 6.45) is 38.4. The highest BCUT2D eigenvalue weighted by Gasteiger charge is 2.25. The molecule has 0 saturated heterocycles. The molecule has 0 aliphatic heterocycles. The lowest BCUT2D eigenvalue weighted by atomic mass is 9.96. The van der Waals surface area contributed by atoms with Gasteiger partial charge in [0.2, 0.25) is 0 Å². The Morgan fingerprint density at radius 2 is 0.939 bits per heavy atom. The Balaban J connectivity index is 1.52. The molecule has 0 bridgehead atoms. The van der Waals surface area contributed by atoms with Crippen LogP contribution in [0.15, 0.2) is 66.9 Å². The van der Waals surface area contributed by atoms with E-state index >= 15 is 0 Å². The maximum Gasteiger partial charge on any atom is 0.261 e. The number of rotatable bonds is 31. The number of benzene rings is 2. The van der Waals surface area contributed by atoms with Crippen molar-refractivity contribution in [3.63, 3.8) is 0 Å². The topological polar surface area (TPSA) is 8.81 Å². The van der Waals surface area contributed by atoms with Crippen LogP contribution in [0.4, 0.5) is 0 Å². The average molecular weight is 670 g/mol. The SMILES string of the molecule is CCCCCCCCCCCCCCCCCCn1c(CC(C)c2ccccc2)c[n+](CCCCCCCCCC)c1Cc1ccccc1. The molecule has 2 aromatic carbocycles. The monoisotopic (exact) mass is 670 g/mol. The van der Waals surface area contributed by atoms with Crippen molar-refractivity contribution in [3.8, 4) is 0 Å². The summed E-state index contributed by atoms with van der Waals surface area (Å²) in [5, 5.41) is 0. The van der Waals surface area contributed by atoms with E-state index in [2.05, 4.69) is 96.8 Å². The van der Waals surface area contributed by atoms with Crippen LogP contribution in [0, 0.1) is 0 Å². The van der Waals surface area contributed by atoms with E-state index in [0.717, 1.165) is 25.9 Å². The number of unbranched alkanes of at least 4 members (excludes halogenated alkanes) is 22. The van der Waals surface area contributed by atoms with Gasteiger partial charge in [0, 0.05) is 6.42 Å². The Hall–Kier alpha value is -2.35. The van der Waals surface area contributed by atoms with Gasteiger partial charge in [-0.05, 0) is 42.7 Å². The highest BCUT2D eigenvalue weighted by molar-refractivity contribution is 5.22. The van der Waals surface area contributed by atoms with Gasteiger partial charge >= 0.3 is 0 Å². The van der Waals surface area contributed by atoms with E-state index in [9.17, 15) is 0 Å². The molecule has 0 N–H and O–H groups in total. The summed E-state index contributed by atoms with van der Waals surface area (Å²) in [7, 11) is 0. The minimum absolute atomic E-state index is 0.516. The summed E-state index contributed by atoms with van der Waals surface area (Å²) in [6, 6.07) is 22.4. The summed E-state index contributed by atoms with van der Waals surface area (Å²) in [5.74, 6) is 2.03. The molecule has 274 valence electrons. The van der Waals surface area contributed by atoms with Gasteiger partial charge in [-0.2, -0.15) is 0 Å². The van der Waals surface area contributed by atoms with Gasteiger partial charge in [-0.25, -0.2) is 9.13 Å². The molecule has 0 radical (unpaired) electrons. The molecule has 3 rings (SSSR count). The standard InChI is InChI=1S/C47H77N2/c1-4-6-8-10-12-14-15-16-17-18-19-20-21-23-25-33-39-49-46(40-43(3)45-36-30-27-31-37-45)42-48(38-32-24-22-13-11-9-7-5-2)47(49)41-44-34-28-26-29-35-44/h26-31,34-37,42-43H,4-25,32-33,38-41H2,1-3H3/q+1. The number of aromatic nitrogens is 2. The van der Waals surface area contributed by atoms with Crippen LogP contribution in [0.5, 0.6) is 0 Å². The second kappa shape index (κ2) is 27.4. The number of hydrogen-bond acceptors (Lipinski definition) is 0. The summed E-state index contributed by atoms with van der Waals surface area (Å²) in [6.45, 7) is 9.34. The highest BCUT2D eigenvalue weighted by atomic mass is 15.2. The summed E-state index contributed by atoms with van der Waals surface area (Å²) < 4.78 is 5.41. The zero-order valence-electron chi connectivity index (χ0n) is 32.6. The fourth-order valence-corrected chi connectivity index (χ4v) is 7.70. The van der Waals surface area contributed by atoms with Gasteiger partial charge in [-0.3, -0.25) is 0 Å². The van der Waals surface area contributed by atoms with E-state index in [1.807, 2.05) is 0 Å². The second-order valence-corrected chi connectivity index (χ2v) is 15.3. The third-order valence-electron chi connectivity index (χ3n) is 10.9. The normalized spacial score (nSPS) is 12.1. The van der Waals surface area contributed by atoms with Gasteiger partial charge in [0.25, 0.3) is 5.82 Å². The Labute approximate surface area is 304 Å². The molecule has 49 heavy (non-hydrogen) atoms. The van der Waals surface area contributed by atoms with E-state index < -0.39 is 0 Å². The molecule has 0 aliphatic rings. The van der Waals surface area contributed by atoms with Crippen molar-refractivity contribution in [1.29, 1.82) is 0 Å². The Morgan fingerprint density at radius 1 is 0.510 bits per heavy atom. The molecule has 1 atom stereocenters. The first-order valence-corrected chi connectivity index (χ1v) is 21.4. The van der Waals surface area contributed by atoms with E-state index in [-0.39, 0.29) is 0 Å². The minimum Gasteiger partial charge on any atom is -0.234 e. The van der Waals surface area contributed by atoms with Crippen LogP contribution < -0.4 is 4.57 Å². The fraction of sp³-hybridized carbons (Fsp3) is 0.681. The van der Waals surface area contributed by atoms with E-state index in [0.29, 0.717) is 5.92 Å². The average Bonchev–Trinajstić information content (AvgIpc) is 3.44. The summed E-state index contributed by atoms with van der Waals surface area (Å²) in [4.78, 5) is 0. The van der Waals surface area contributed by atoms with Crippen LogP contribution >= 0.6 is 0 Å². The molecular formula is C47H77N2+. The van der Waals surface area contributed by atoms with Crippen molar-refractivity contribution in [1.82, 2.24) is 4.57 Å². The lowest BCUT2D eigenvalue weighted by Crippen LogP contribution is -2.37. The predicted octanol–water partition coefficient (Wildman–Crippen LogP) is 14.1. The zero-order chi connectivity index (χ0) is 34.6. The van der Waals surface area contributed by atoms with E-state index in [1.54, 1.807) is 0 Å². The third kappa shape index (κ3) is 17.9. The molecule has 1 heterocycles. The van der Waals surface area contributed by atoms with Gasteiger partial charge in [-0.15, -0.1) is 0 Å². The van der Waals surface area contributed by atoms with Crippen LogP contribution in [0.25, 0.3) is 0 Å². The van der Waals surface area contributed by atoms with Crippen molar-refractivity contribution in [2.24, 2.45) is 0 Å². The molecule has 0 fully saturated rings. The first-order valence-electron chi connectivity index (χ1n) is 21.4. The van der Waals surface area contributed by atoms with E-state index in [1.165, 1.54) is 177 Å². The zero-order valence-corrected chi connectivity index (χ0v) is 32.6. The van der Waals surface area contributed by atoms with Gasteiger partial charge in [0.1, 0.15) is 11.9 Å². The molecular weight excluding hydrogens is 593 g/mol. The molecule has 2 heteroatoms. The lowest BCUT2D eigenvalue weighted by molar-refractivity contribution is -0.704. The van der Waals surface area contributed by atoms with Crippen molar-refractivity contribution in [2.45, 2.75) is 207 Å². The molecule has 0 amide bonds. The van der Waals surface area contributed by atoms with Crippen molar-refractivity contribution in [3.05, 3.63) is 89.5 Å². The largest absolute Gasteiger partial charge is 0.261 e. The smallest absolute Gasteiger partial charge is 0.234 e.